The molecule has 0 aliphatic heterocycles. The van der Waals surface area contributed by atoms with Gasteiger partial charge < -0.3 is 5.32 Å². The van der Waals surface area contributed by atoms with E-state index in [9.17, 15) is 0 Å². The molecule has 4 nitrogen and oxygen atoms in total. The second-order valence-electron chi connectivity index (χ2n) is 3.77. The first-order valence-corrected chi connectivity index (χ1v) is 5.26. The summed E-state index contributed by atoms with van der Waals surface area (Å²) in [6.07, 6.45) is 1.72. The molecule has 0 aliphatic carbocycles. The van der Waals surface area contributed by atoms with Crippen molar-refractivity contribution >= 4 is 11.5 Å². The summed E-state index contributed by atoms with van der Waals surface area (Å²) in [5.74, 6) is 0.568. The molecule has 1 N–H and O–H groups in total. The van der Waals surface area contributed by atoms with Crippen LogP contribution in [0.3, 0.4) is 0 Å². The molecule has 0 amide bonds. The molecular weight excluding hydrogens is 212 g/mol. The van der Waals surface area contributed by atoms with E-state index < -0.39 is 0 Å². The SMILES string of the molecule is Cc1ccc(Nc2nc(C)ccc2C#N)cn1. The predicted octanol–water partition coefficient (Wildman–Crippen LogP) is 2.71. The molecule has 0 saturated carbocycles. The van der Waals surface area contributed by atoms with Crippen LogP contribution in [0.25, 0.3) is 0 Å². The lowest BCUT2D eigenvalue weighted by molar-refractivity contribution is 1.17. The fourth-order valence-electron chi connectivity index (χ4n) is 1.42. The highest BCUT2D eigenvalue weighted by Crippen LogP contribution is 2.18. The van der Waals surface area contributed by atoms with Crippen molar-refractivity contribution in [2.24, 2.45) is 0 Å². The lowest BCUT2D eigenvalue weighted by Crippen LogP contribution is -1.98. The van der Waals surface area contributed by atoms with E-state index in [0.29, 0.717) is 11.4 Å². The molecule has 0 aliphatic rings. The van der Waals surface area contributed by atoms with E-state index in [1.165, 1.54) is 0 Å². The third kappa shape index (κ3) is 2.58. The van der Waals surface area contributed by atoms with Crippen molar-refractivity contribution in [3.8, 4) is 6.07 Å². The maximum atomic E-state index is 8.99. The quantitative estimate of drug-likeness (QED) is 0.851. The van der Waals surface area contributed by atoms with Gasteiger partial charge in [0.25, 0.3) is 0 Å². The molecule has 0 saturated heterocycles. The van der Waals surface area contributed by atoms with Crippen molar-refractivity contribution in [1.82, 2.24) is 9.97 Å². The second-order valence-corrected chi connectivity index (χ2v) is 3.77. The number of nitrogens with one attached hydrogen (secondary N) is 1. The van der Waals surface area contributed by atoms with Crippen molar-refractivity contribution in [3.63, 3.8) is 0 Å². The van der Waals surface area contributed by atoms with Crippen molar-refractivity contribution in [3.05, 3.63) is 47.4 Å². The van der Waals surface area contributed by atoms with Gasteiger partial charge in [-0.05, 0) is 38.1 Å². The summed E-state index contributed by atoms with van der Waals surface area (Å²) in [6, 6.07) is 9.50. The third-order valence-corrected chi connectivity index (χ3v) is 2.33. The van der Waals surface area contributed by atoms with E-state index >= 15 is 0 Å². The first-order valence-electron chi connectivity index (χ1n) is 5.26. The fraction of sp³-hybridized carbons (Fsp3) is 0.154. The van der Waals surface area contributed by atoms with Crippen molar-refractivity contribution in [2.45, 2.75) is 13.8 Å². The van der Waals surface area contributed by atoms with Gasteiger partial charge >= 0.3 is 0 Å². The lowest BCUT2D eigenvalue weighted by Gasteiger charge is -2.07. The van der Waals surface area contributed by atoms with Crippen molar-refractivity contribution in [1.29, 1.82) is 5.26 Å². The molecule has 0 atom stereocenters. The maximum Gasteiger partial charge on any atom is 0.148 e. The van der Waals surface area contributed by atoms with Gasteiger partial charge in [-0.1, -0.05) is 0 Å². The number of aromatic nitrogens is 2. The van der Waals surface area contributed by atoms with Gasteiger partial charge in [-0.25, -0.2) is 4.98 Å². The molecule has 17 heavy (non-hydrogen) atoms. The minimum Gasteiger partial charge on any atom is -0.338 e. The highest BCUT2D eigenvalue weighted by atomic mass is 15.0. The summed E-state index contributed by atoms with van der Waals surface area (Å²) in [5, 5.41) is 12.1. The average Bonchev–Trinajstić information content (AvgIpc) is 2.32. The molecule has 0 aromatic carbocycles. The molecule has 0 unspecified atom stereocenters. The van der Waals surface area contributed by atoms with Crippen LogP contribution < -0.4 is 5.32 Å². The Morgan fingerprint density at radius 1 is 1.12 bits per heavy atom. The van der Waals surface area contributed by atoms with Crippen LogP contribution in [0, 0.1) is 25.2 Å². The Bertz CT molecular complexity index is 567. The van der Waals surface area contributed by atoms with E-state index in [1.54, 1.807) is 12.3 Å². The van der Waals surface area contributed by atoms with Crippen molar-refractivity contribution < 1.29 is 0 Å². The standard InChI is InChI=1S/C13H12N4/c1-9-4-6-12(8-15-9)17-13-11(7-14)5-3-10(2)16-13/h3-6,8H,1-2H3,(H,16,17). The lowest BCUT2D eigenvalue weighted by atomic mass is 10.2. The highest BCUT2D eigenvalue weighted by Gasteiger charge is 2.04. The van der Waals surface area contributed by atoms with Crippen molar-refractivity contribution in [2.75, 3.05) is 5.32 Å². The molecule has 84 valence electrons. The number of hydrogen-bond donors (Lipinski definition) is 1. The largest absolute Gasteiger partial charge is 0.338 e. The number of nitrogens with zero attached hydrogens (tertiary/aromatic N) is 3. The summed E-state index contributed by atoms with van der Waals surface area (Å²) < 4.78 is 0. The molecular formula is C13H12N4. The number of rotatable bonds is 2. The number of pyridine rings is 2. The molecule has 2 aromatic heterocycles. The van der Waals surface area contributed by atoms with E-state index in [0.717, 1.165) is 17.1 Å². The minimum absolute atomic E-state index is 0.524. The van der Waals surface area contributed by atoms with Gasteiger partial charge in [0.05, 0.1) is 17.4 Å². The Labute approximate surface area is 100.0 Å². The van der Waals surface area contributed by atoms with Crippen LogP contribution in [0.5, 0.6) is 0 Å². The monoisotopic (exact) mass is 224 g/mol. The zero-order valence-electron chi connectivity index (χ0n) is 9.73. The average molecular weight is 224 g/mol. The molecule has 0 fully saturated rings. The summed E-state index contributed by atoms with van der Waals surface area (Å²) >= 11 is 0. The van der Waals surface area contributed by atoms with E-state index in [-0.39, 0.29) is 0 Å². The van der Waals surface area contributed by atoms with Crippen LogP contribution >= 0.6 is 0 Å². The molecule has 4 heteroatoms. The first-order chi connectivity index (χ1) is 8.19. The fourth-order valence-corrected chi connectivity index (χ4v) is 1.42. The summed E-state index contributed by atoms with van der Waals surface area (Å²) in [7, 11) is 0. The van der Waals surface area contributed by atoms with E-state index in [4.69, 9.17) is 5.26 Å². The highest BCUT2D eigenvalue weighted by molar-refractivity contribution is 5.62. The molecule has 0 radical (unpaired) electrons. The molecule has 2 aromatic rings. The van der Waals surface area contributed by atoms with Gasteiger partial charge in [0.1, 0.15) is 11.9 Å². The molecule has 0 spiro atoms. The van der Waals surface area contributed by atoms with E-state index in [2.05, 4.69) is 21.4 Å². The zero-order valence-corrected chi connectivity index (χ0v) is 9.73. The molecule has 2 rings (SSSR count). The summed E-state index contributed by atoms with van der Waals surface area (Å²) in [6.45, 7) is 3.81. The Hall–Kier alpha value is -2.41. The van der Waals surface area contributed by atoms with Crippen LogP contribution in [0.4, 0.5) is 11.5 Å². The van der Waals surface area contributed by atoms with Crippen LogP contribution in [-0.4, -0.2) is 9.97 Å². The Kier molecular flexibility index (Phi) is 3.01. The van der Waals surface area contributed by atoms with Gasteiger partial charge in [0.2, 0.25) is 0 Å². The van der Waals surface area contributed by atoms with Crippen LogP contribution in [0.1, 0.15) is 17.0 Å². The molecule has 2 heterocycles. The number of anilines is 2. The normalized spacial score (nSPS) is 9.71. The van der Waals surface area contributed by atoms with Gasteiger partial charge in [0.15, 0.2) is 0 Å². The second kappa shape index (κ2) is 4.62. The molecule has 0 bridgehead atoms. The van der Waals surface area contributed by atoms with Gasteiger partial charge in [0, 0.05) is 11.4 Å². The maximum absolute atomic E-state index is 8.99. The topological polar surface area (TPSA) is 61.6 Å². The Balaban J connectivity index is 2.32. The first kappa shape index (κ1) is 11.1. The van der Waals surface area contributed by atoms with E-state index in [1.807, 2.05) is 32.0 Å². The third-order valence-electron chi connectivity index (χ3n) is 2.33. The van der Waals surface area contributed by atoms with Crippen LogP contribution in [0.15, 0.2) is 30.5 Å². The van der Waals surface area contributed by atoms with Crippen LogP contribution in [-0.2, 0) is 0 Å². The van der Waals surface area contributed by atoms with Gasteiger partial charge in [-0.3, -0.25) is 4.98 Å². The predicted molar refractivity (Wildman–Crippen MR) is 65.9 cm³/mol. The smallest absolute Gasteiger partial charge is 0.148 e. The minimum atomic E-state index is 0.524. The Morgan fingerprint density at radius 2 is 1.88 bits per heavy atom. The number of nitriles is 1. The Morgan fingerprint density at radius 3 is 2.53 bits per heavy atom. The zero-order chi connectivity index (χ0) is 12.3. The van der Waals surface area contributed by atoms with Gasteiger partial charge in [-0.2, -0.15) is 5.26 Å². The number of aryl methyl sites for hydroxylation is 2. The summed E-state index contributed by atoms with van der Waals surface area (Å²) in [5.41, 5.74) is 3.17. The van der Waals surface area contributed by atoms with Gasteiger partial charge in [-0.15, -0.1) is 0 Å². The number of hydrogen-bond acceptors (Lipinski definition) is 4. The summed E-state index contributed by atoms with van der Waals surface area (Å²) in [4.78, 5) is 8.48. The van der Waals surface area contributed by atoms with Crippen LogP contribution in [0.2, 0.25) is 0 Å².